The van der Waals surface area contributed by atoms with E-state index in [2.05, 4.69) is 15.4 Å². The maximum absolute atomic E-state index is 14.4. The Kier molecular flexibility index (Phi) is 5.39. The Morgan fingerprint density at radius 1 is 1.17 bits per heavy atom. The Bertz CT molecular complexity index is 1200. The Morgan fingerprint density at radius 2 is 2.07 bits per heavy atom. The highest BCUT2D eigenvalue weighted by Gasteiger charge is 2.16. The molecule has 0 aliphatic rings. The van der Waals surface area contributed by atoms with Crippen LogP contribution >= 0.6 is 11.8 Å². The third-order valence-corrected chi connectivity index (χ3v) is 5.41. The lowest BCUT2D eigenvalue weighted by atomic mass is 10.2. The van der Waals surface area contributed by atoms with Crippen molar-refractivity contribution in [2.75, 3.05) is 7.05 Å². The fourth-order valence-corrected chi connectivity index (χ4v) is 3.84. The van der Waals surface area contributed by atoms with E-state index in [1.165, 1.54) is 30.9 Å². The molecule has 0 atom stereocenters. The lowest BCUT2D eigenvalue weighted by Crippen LogP contribution is -2.19. The van der Waals surface area contributed by atoms with Crippen LogP contribution in [0, 0.1) is 5.82 Å². The minimum absolute atomic E-state index is 0.293. The third-order valence-electron chi connectivity index (χ3n) is 4.30. The summed E-state index contributed by atoms with van der Waals surface area (Å²) in [5.74, 6) is -0.754. The van der Waals surface area contributed by atoms with Crippen LogP contribution in [0.2, 0.25) is 0 Å². The number of fused-ring (bicyclic) bond motifs is 1. The van der Waals surface area contributed by atoms with E-state index in [0.717, 1.165) is 21.5 Å². The smallest absolute Gasteiger partial charge is 0.252 e. The topological polar surface area (TPSA) is 59.8 Å². The van der Waals surface area contributed by atoms with Gasteiger partial charge in [0.2, 0.25) is 0 Å². The van der Waals surface area contributed by atoms with Gasteiger partial charge in [-0.25, -0.2) is 9.07 Å². The highest BCUT2D eigenvalue weighted by Crippen LogP contribution is 2.34. The van der Waals surface area contributed by atoms with Gasteiger partial charge >= 0.3 is 0 Å². The van der Waals surface area contributed by atoms with E-state index in [9.17, 15) is 9.18 Å². The fraction of sp³-hybridized carbons (Fsp3) is 0.0455. The minimum Gasteiger partial charge on any atom is -0.355 e. The first-order chi connectivity index (χ1) is 14.2. The largest absolute Gasteiger partial charge is 0.355 e. The summed E-state index contributed by atoms with van der Waals surface area (Å²) in [4.78, 5) is 17.5. The molecule has 0 aliphatic carbocycles. The molecule has 5 nitrogen and oxygen atoms in total. The van der Waals surface area contributed by atoms with Gasteiger partial charge in [0.15, 0.2) is 0 Å². The summed E-state index contributed by atoms with van der Waals surface area (Å²) in [6.07, 6.45) is 7.20. The molecular weight excluding hydrogens is 387 g/mol. The first-order valence-electron chi connectivity index (χ1n) is 8.90. The predicted octanol–water partition coefficient (Wildman–Crippen LogP) is 4.71. The third kappa shape index (κ3) is 4.05. The molecule has 1 N–H and O–H groups in total. The molecule has 0 radical (unpaired) electrons. The van der Waals surface area contributed by atoms with E-state index in [0.29, 0.717) is 10.5 Å². The van der Waals surface area contributed by atoms with Crippen molar-refractivity contribution in [1.82, 2.24) is 20.1 Å². The zero-order valence-corrected chi connectivity index (χ0v) is 16.4. The average Bonchev–Trinajstić information content (AvgIpc) is 3.16. The summed E-state index contributed by atoms with van der Waals surface area (Å²) >= 11 is 1.21. The van der Waals surface area contributed by atoms with Crippen molar-refractivity contribution >= 4 is 40.8 Å². The zero-order chi connectivity index (χ0) is 20.2. The number of nitrogens with zero attached hydrogens (tertiary/aromatic N) is 3. The highest BCUT2D eigenvalue weighted by molar-refractivity contribution is 7.99. The van der Waals surface area contributed by atoms with Crippen molar-refractivity contribution in [3.05, 3.63) is 84.1 Å². The molecule has 2 aromatic carbocycles. The monoisotopic (exact) mass is 404 g/mol. The number of hydrogen-bond donors (Lipinski definition) is 1. The van der Waals surface area contributed by atoms with E-state index >= 15 is 0 Å². The van der Waals surface area contributed by atoms with Crippen LogP contribution in [0.5, 0.6) is 0 Å². The molecule has 1 amide bonds. The summed E-state index contributed by atoms with van der Waals surface area (Å²) in [5, 5.41) is 7.90. The molecule has 0 saturated carbocycles. The summed E-state index contributed by atoms with van der Waals surface area (Å²) < 4.78 is 16.2. The molecule has 4 rings (SSSR count). The number of nitrogens with one attached hydrogen (secondary N) is 1. The van der Waals surface area contributed by atoms with E-state index < -0.39 is 5.82 Å². The number of pyridine rings is 1. The number of benzene rings is 2. The van der Waals surface area contributed by atoms with Crippen molar-refractivity contribution in [2.24, 2.45) is 0 Å². The summed E-state index contributed by atoms with van der Waals surface area (Å²) in [6, 6.07) is 15.9. The van der Waals surface area contributed by atoms with Gasteiger partial charge in [-0.2, -0.15) is 5.10 Å². The fourth-order valence-electron chi connectivity index (χ4n) is 2.87. The number of amides is 1. The Morgan fingerprint density at radius 3 is 2.86 bits per heavy atom. The van der Waals surface area contributed by atoms with Crippen molar-refractivity contribution in [3.8, 4) is 0 Å². The molecule has 2 aromatic heterocycles. The number of carbonyl (C=O) groups is 1. The van der Waals surface area contributed by atoms with E-state index in [1.807, 2.05) is 48.7 Å². The number of halogens is 1. The van der Waals surface area contributed by atoms with Crippen LogP contribution in [-0.4, -0.2) is 27.7 Å². The van der Waals surface area contributed by atoms with Crippen LogP contribution < -0.4 is 5.32 Å². The van der Waals surface area contributed by atoms with E-state index in [1.54, 1.807) is 23.1 Å². The molecule has 29 heavy (non-hydrogen) atoms. The first kappa shape index (κ1) is 18.9. The van der Waals surface area contributed by atoms with Crippen molar-refractivity contribution in [1.29, 1.82) is 0 Å². The van der Waals surface area contributed by atoms with Crippen LogP contribution in [0.4, 0.5) is 4.39 Å². The number of hydrogen-bond acceptors (Lipinski definition) is 4. The summed E-state index contributed by atoms with van der Waals surface area (Å²) in [6.45, 7) is 0. The van der Waals surface area contributed by atoms with Crippen LogP contribution in [-0.2, 0) is 0 Å². The molecule has 0 unspecified atom stereocenters. The molecule has 7 heteroatoms. The van der Waals surface area contributed by atoms with Crippen LogP contribution in [0.25, 0.3) is 23.2 Å². The van der Waals surface area contributed by atoms with Crippen LogP contribution in [0.1, 0.15) is 16.1 Å². The number of aromatic nitrogens is 3. The average molecular weight is 404 g/mol. The number of carbonyl (C=O) groups excluding carboxylic acids is 1. The molecule has 0 aliphatic heterocycles. The second-order valence-electron chi connectivity index (χ2n) is 6.18. The Balaban J connectivity index is 1.68. The summed E-state index contributed by atoms with van der Waals surface area (Å²) in [5.41, 5.74) is 2.00. The summed E-state index contributed by atoms with van der Waals surface area (Å²) in [7, 11) is 1.53. The SMILES string of the molecule is CNC(=O)c1cccc(F)c1Sc1ccc2cnn(C=Cc3ccccn3)c2c1. The van der Waals surface area contributed by atoms with Crippen molar-refractivity contribution in [2.45, 2.75) is 9.79 Å². The predicted molar refractivity (Wildman–Crippen MR) is 113 cm³/mol. The van der Waals surface area contributed by atoms with Crippen molar-refractivity contribution < 1.29 is 9.18 Å². The van der Waals surface area contributed by atoms with Crippen molar-refractivity contribution in [3.63, 3.8) is 0 Å². The Hall–Kier alpha value is -3.45. The standard InChI is InChI=1S/C22H17FN4OS/c1-24-22(28)18-6-4-7-19(23)21(18)29-17-9-8-15-14-26-27(20(15)13-17)12-10-16-5-2-3-11-25-16/h2-14H,1H3,(H,24,28). The lowest BCUT2D eigenvalue weighted by molar-refractivity contribution is 0.0959. The Labute approximate surface area is 171 Å². The maximum Gasteiger partial charge on any atom is 0.252 e. The van der Waals surface area contributed by atoms with Gasteiger partial charge in [-0.1, -0.05) is 30.0 Å². The molecular formula is C22H17FN4OS. The molecule has 2 heterocycles. The minimum atomic E-state index is -0.431. The second-order valence-corrected chi connectivity index (χ2v) is 7.26. The van der Waals surface area contributed by atoms with Crippen LogP contribution in [0.3, 0.4) is 0 Å². The van der Waals surface area contributed by atoms with Gasteiger partial charge < -0.3 is 5.32 Å². The quantitative estimate of drug-likeness (QED) is 0.523. The zero-order valence-electron chi connectivity index (χ0n) is 15.5. The van der Waals surface area contributed by atoms with Gasteiger partial charge in [-0.3, -0.25) is 9.78 Å². The van der Waals surface area contributed by atoms with Gasteiger partial charge in [0, 0.05) is 29.7 Å². The normalized spacial score (nSPS) is 11.2. The molecule has 0 bridgehead atoms. The lowest BCUT2D eigenvalue weighted by Gasteiger charge is -2.09. The van der Waals surface area contributed by atoms with Crippen LogP contribution in [0.15, 0.2) is 76.8 Å². The van der Waals surface area contributed by atoms with Gasteiger partial charge in [0.25, 0.3) is 5.91 Å². The molecule has 144 valence electrons. The molecule has 0 saturated heterocycles. The maximum atomic E-state index is 14.4. The second kappa shape index (κ2) is 8.28. The van der Waals surface area contributed by atoms with Gasteiger partial charge in [-0.15, -0.1) is 0 Å². The van der Waals surface area contributed by atoms with Gasteiger partial charge in [0.1, 0.15) is 5.82 Å². The first-order valence-corrected chi connectivity index (χ1v) is 9.72. The molecule has 0 spiro atoms. The molecule has 4 aromatic rings. The van der Waals surface area contributed by atoms with E-state index in [-0.39, 0.29) is 5.91 Å². The molecule has 0 fully saturated rings. The highest BCUT2D eigenvalue weighted by atomic mass is 32.2. The number of rotatable bonds is 5. The van der Waals surface area contributed by atoms with Gasteiger partial charge in [0.05, 0.1) is 27.9 Å². The van der Waals surface area contributed by atoms with Gasteiger partial charge in [-0.05, 0) is 42.5 Å². The van der Waals surface area contributed by atoms with E-state index in [4.69, 9.17) is 0 Å².